The predicted molar refractivity (Wildman–Crippen MR) is 106 cm³/mol. The molecule has 1 amide bonds. The van der Waals surface area contributed by atoms with Crippen molar-refractivity contribution in [1.29, 1.82) is 0 Å². The quantitative estimate of drug-likeness (QED) is 0.555. The molecule has 0 atom stereocenters. The second-order valence-corrected chi connectivity index (χ2v) is 5.81. The number of rotatable bonds is 8. The first-order valence-electron chi connectivity index (χ1n) is 8.48. The molecular formula is C21H23NO6. The highest BCUT2D eigenvalue weighted by molar-refractivity contribution is 5.94. The van der Waals surface area contributed by atoms with Gasteiger partial charge in [-0.1, -0.05) is 17.7 Å². The maximum atomic E-state index is 11.9. The first kappa shape index (κ1) is 20.8. The molecule has 0 unspecified atom stereocenters. The number of nitrogens with one attached hydrogen (secondary N) is 1. The van der Waals surface area contributed by atoms with Crippen LogP contribution in [0.25, 0.3) is 6.08 Å². The maximum Gasteiger partial charge on any atom is 0.331 e. The van der Waals surface area contributed by atoms with Crippen LogP contribution in [0, 0.1) is 6.92 Å². The molecule has 0 fully saturated rings. The number of carbonyl (C=O) groups is 2. The van der Waals surface area contributed by atoms with Gasteiger partial charge in [0.2, 0.25) is 5.75 Å². The zero-order chi connectivity index (χ0) is 20.5. The Morgan fingerprint density at radius 2 is 1.57 bits per heavy atom. The molecule has 1 N–H and O–H groups in total. The van der Waals surface area contributed by atoms with Crippen LogP contribution in [0.2, 0.25) is 0 Å². The molecule has 0 aliphatic carbocycles. The van der Waals surface area contributed by atoms with Crippen LogP contribution in [-0.2, 0) is 14.3 Å². The molecule has 0 radical (unpaired) electrons. The molecule has 2 rings (SSSR count). The summed E-state index contributed by atoms with van der Waals surface area (Å²) in [6, 6.07) is 10.7. The van der Waals surface area contributed by atoms with Gasteiger partial charge in [-0.25, -0.2) is 4.79 Å². The van der Waals surface area contributed by atoms with Gasteiger partial charge in [0.05, 0.1) is 21.3 Å². The Labute approximate surface area is 163 Å². The maximum absolute atomic E-state index is 11.9. The molecule has 0 heterocycles. The Morgan fingerprint density at radius 3 is 2.11 bits per heavy atom. The van der Waals surface area contributed by atoms with E-state index in [1.807, 2.05) is 19.1 Å². The summed E-state index contributed by atoms with van der Waals surface area (Å²) >= 11 is 0. The molecule has 0 saturated heterocycles. The fraction of sp³-hybridized carbons (Fsp3) is 0.238. The van der Waals surface area contributed by atoms with Crippen LogP contribution in [0.5, 0.6) is 17.2 Å². The third-order valence-corrected chi connectivity index (χ3v) is 3.78. The molecule has 7 nitrogen and oxygen atoms in total. The minimum atomic E-state index is -0.646. The highest BCUT2D eigenvalue weighted by atomic mass is 16.5. The molecule has 0 aromatic heterocycles. The largest absolute Gasteiger partial charge is 0.493 e. The van der Waals surface area contributed by atoms with E-state index in [1.54, 1.807) is 24.3 Å². The molecule has 0 spiro atoms. The summed E-state index contributed by atoms with van der Waals surface area (Å²) in [6.45, 7) is 1.57. The predicted octanol–water partition coefficient (Wildman–Crippen LogP) is 3.22. The average molecular weight is 385 g/mol. The molecule has 0 saturated carbocycles. The van der Waals surface area contributed by atoms with E-state index in [1.165, 1.54) is 33.5 Å². The summed E-state index contributed by atoms with van der Waals surface area (Å²) < 4.78 is 20.7. The van der Waals surface area contributed by atoms with E-state index in [4.69, 9.17) is 18.9 Å². The normalized spacial score (nSPS) is 10.4. The smallest absolute Gasteiger partial charge is 0.331 e. The highest BCUT2D eigenvalue weighted by Crippen LogP contribution is 2.38. The Morgan fingerprint density at radius 1 is 0.964 bits per heavy atom. The van der Waals surface area contributed by atoms with Crippen LogP contribution in [0.4, 0.5) is 5.69 Å². The topological polar surface area (TPSA) is 83.1 Å². The minimum Gasteiger partial charge on any atom is -0.493 e. The second kappa shape index (κ2) is 10.0. The lowest BCUT2D eigenvalue weighted by Gasteiger charge is -2.12. The number of amides is 1. The van der Waals surface area contributed by atoms with E-state index in [2.05, 4.69) is 5.32 Å². The summed E-state index contributed by atoms with van der Waals surface area (Å²) in [7, 11) is 4.52. The molecule has 0 aliphatic rings. The van der Waals surface area contributed by atoms with Crippen molar-refractivity contribution in [2.24, 2.45) is 0 Å². The molecule has 28 heavy (non-hydrogen) atoms. The number of methoxy groups -OCH3 is 3. The van der Waals surface area contributed by atoms with E-state index in [-0.39, 0.29) is 6.61 Å². The van der Waals surface area contributed by atoms with E-state index in [9.17, 15) is 9.59 Å². The van der Waals surface area contributed by atoms with Crippen LogP contribution in [-0.4, -0.2) is 39.8 Å². The van der Waals surface area contributed by atoms with Gasteiger partial charge >= 0.3 is 5.97 Å². The fourth-order valence-electron chi connectivity index (χ4n) is 2.38. The third-order valence-electron chi connectivity index (χ3n) is 3.78. The van der Waals surface area contributed by atoms with Crippen LogP contribution in [0.15, 0.2) is 42.5 Å². The summed E-state index contributed by atoms with van der Waals surface area (Å²) in [5.74, 6) is 0.323. The highest BCUT2D eigenvalue weighted by Gasteiger charge is 2.12. The molecule has 2 aromatic rings. The number of hydrogen-bond donors (Lipinski definition) is 1. The van der Waals surface area contributed by atoms with Crippen molar-refractivity contribution in [3.05, 3.63) is 53.6 Å². The van der Waals surface area contributed by atoms with Gasteiger partial charge in [0.25, 0.3) is 5.91 Å². The van der Waals surface area contributed by atoms with Crippen LogP contribution in [0.3, 0.4) is 0 Å². The Hall–Kier alpha value is -3.48. The van der Waals surface area contributed by atoms with Crippen LogP contribution < -0.4 is 19.5 Å². The number of aryl methyl sites for hydroxylation is 1. The van der Waals surface area contributed by atoms with E-state index < -0.39 is 11.9 Å². The summed E-state index contributed by atoms with van der Waals surface area (Å²) in [4.78, 5) is 23.7. The monoisotopic (exact) mass is 385 g/mol. The summed E-state index contributed by atoms with van der Waals surface area (Å²) in [5.41, 5.74) is 2.37. The Bertz CT molecular complexity index is 833. The van der Waals surface area contributed by atoms with Gasteiger partial charge < -0.3 is 24.3 Å². The van der Waals surface area contributed by atoms with Gasteiger partial charge in [-0.2, -0.15) is 0 Å². The van der Waals surface area contributed by atoms with Crippen molar-refractivity contribution in [3.63, 3.8) is 0 Å². The van der Waals surface area contributed by atoms with Crippen molar-refractivity contribution in [3.8, 4) is 17.2 Å². The standard InChI is InChI=1S/C21H23NO6/c1-14-5-8-16(9-6-14)22-19(23)13-28-20(24)10-7-15-11-17(25-2)21(27-4)18(12-15)26-3/h5-12H,13H2,1-4H3,(H,22,23). The first-order chi connectivity index (χ1) is 13.5. The number of carbonyl (C=O) groups excluding carboxylic acids is 2. The molecule has 7 heteroatoms. The van der Waals surface area contributed by atoms with Crippen molar-refractivity contribution in [1.82, 2.24) is 0 Å². The number of hydrogen-bond acceptors (Lipinski definition) is 6. The van der Waals surface area contributed by atoms with Crippen molar-refractivity contribution in [2.75, 3.05) is 33.3 Å². The van der Waals surface area contributed by atoms with E-state index in [0.717, 1.165) is 5.56 Å². The minimum absolute atomic E-state index is 0.383. The SMILES string of the molecule is COc1cc(C=CC(=O)OCC(=O)Nc2ccc(C)cc2)cc(OC)c1OC. The van der Waals surface area contributed by atoms with Crippen molar-refractivity contribution in [2.45, 2.75) is 6.92 Å². The fourth-order valence-corrected chi connectivity index (χ4v) is 2.38. The van der Waals surface area contributed by atoms with Gasteiger partial charge in [-0.05, 0) is 42.8 Å². The zero-order valence-electron chi connectivity index (χ0n) is 16.3. The molecule has 0 bridgehead atoms. The molecule has 0 aliphatic heterocycles. The molecule has 2 aromatic carbocycles. The zero-order valence-corrected chi connectivity index (χ0v) is 16.3. The van der Waals surface area contributed by atoms with Crippen LogP contribution >= 0.6 is 0 Å². The summed E-state index contributed by atoms with van der Waals surface area (Å²) in [5, 5.41) is 2.65. The van der Waals surface area contributed by atoms with Crippen molar-refractivity contribution >= 4 is 23.6 Å². The Kier molecular flexibility index (Phi) is 7.45. The molecular weight excluding hydrogens is 362 g/mol. The number of esters is 1. The summed E-state index contributed by atoms with van der Waals surface area (Å²) in [6.07, 6.45) is 2.75. The van der Waals surface area contributed by atoms with Crippen molar-refractivity contribution < 1.29 is 28.5 Å². The van der Waals surface area contributed by atoms with E-state index in [0.29, 0.717) is 28.5 Å². The second-order valence-electron chi connectivity index (χ2n) is 5.81. The average Bonchev–Trinajstić information content (AvgIpc) is 2.71. The van der Waals surface area contributed by atoms with Gasteiger partial charge in [0.15, 0.2) is 18.1 Å². The van der Waals surface area contributed by atoms with Gasteiger partial charge in [-0.15, -0.1) is 0 Å². The number of ether oxygens (including phenoxy) is 4. The van der Waals surface area contributed by atoms with Gasteiger partial charge in [0, 0.05) is 11.8 Å². The lowest BCUT2D eigenvalue weighted by molar-refractivity contribution is -0.142. The number of anilines is 1. The molecule has 148 valence electrons. The van der Waals surface area contributed by atoms with Gasteiger partial charge in [0.1, 0.15) is 0 Å². The third kappa shape index (κ3) is 5.77. The first-order valence-corrected chi connectivity index (χ1v) is 8.48. The van der Waals surface area contributed by atoms with Crippen LogP contribution in [0.1, 0.15) is 11.1 Å². The van der Waals surface area contributed by atoms with Gasteiger partial charge in [-0.3, -0.25) is 4.79 Å². The Balaban J connectivity index is 1.94. The van der Waals surface area contributed by atoms with E-state index >= 15 is 0 Å². The lowest BCUT2D eigenvalue weighted by Crippen LogP contribution is -2.20. The lowest BCUT2D eigenvalue weighted by atomic mass is 10.1. The number of benzene rings is 2.